The van der Waals surface area contributed by atoms with E-state index in [9.17, 15) is 14.7 Å². The van der Waals surface area contributed by atoms with E-state index in [1.165, 1.54) is 25.4 Å². The van der Waals surface area contributed by atoms with E-state index in [1.54, 1.807) is 55.5 Å². The summed E-state index contributed by atoms with van der Waals surface area (Å²) in [6.07, 6.45) is 1.44. The van der Waals surface area contributed by atoms with Gasteiger partial charge in [0.25, 0.3) is 11.7 Å². The minimum Gasteiger partial charge on any atom is -0.507 e. The molecule has 0 aliphatic carbocycles. The molecule has 4 rings (SSSR count). The fourth-order valence-electron chi connectivity index (χ4n) is 3.82. The molecule has 32 heavy (non-hydrogen) atoms. The summed E-state index contributed by atoms with van der Waals surface area (Å²) in [6.45, 7) is 1.79. The number of furan rings is 1. The second-order valence-corrected chi connectivity index (χ2v) is 7.62. The topological polar surface area (TPSA) is 89.2 Å². The smallest absolute Gasteiger partial charge is 0.300 e. The number of benzene rings is 2. The van der Waals surface area contributed by atoms with Crippen LogP contribution >= 0.6 is 11.6 Å². The summed E-state index contributed by atoms with van der Waals surface area (Å²) in [7, 11) is 2.94. The second-order valence-electron chi connectivity index (χ2n) is 7.21. The van der Waals surface area contributed by atoms with Crippen molar-refractivity contribution in [2.45, 2.75) is 13.0 Å². The molecule has 0 spiro atoms. The summed E-state index contributed by atoms with van der Waals surface area (Å²) >= 11 is 6.29. The highest BCUT2D eigenvalue weighted by atomic mass is 35.5. The fourth-order valence-corrected chi connectivity index (χ4v) is 4.17. The van der Waals surface area contributed by atoms with Crippen LogP contribution in [0.1, 0.15) is 22.9 Å². The number of aliphatic hydroxyl groups excluding tert-OH is 1. The molecular formula is C24H20ClNO6. The van der Waals surface area contributed by atoms with Crippen molar-refractivity contribution in [3.63, 3.8) is 0 Å². The number of aliphatic hydroxyl groups is 1. The zero-order valence-electron chi connectivity index (χ0n) is 17.6. The molecule has 164 valence electrons. The van der Waals surface area contributed by atoms with E-state index in [4.69, 9.17) is 25.5 Å². The average molecular weight is 454 g/mol. The predicted molar refractivity (Wildman–Crippen MR) is 119 cm³/mol. The molecule has 1 amide bonds. The molecular weight excluding hydrogens is 434 g/mol. The van der Waals surface area contributed by atoms with Gasteiger partial charge in [-0.25, -0.2) is 0 Å². The monoisotopic (exact) mass is 453 g/mol. The third-order valence-electron chi connectivity index (χ3n) is 5.25. The van der Waals surface area contributed by atoms with Gasteiger partial charge < -0.3 is 19.0 Å². The number of rotatable bonds is 5. The van der Waals surface area contributed by atoms with Crippen molar-refractivity contribution in [2.75, 3.05) is 19.1 Å². The summed E-state index contributed by atoms with van der Waals surface area (Å²) in [5.74, 6) is -0.930. The van der Waals surface area contributed by atoms with Crippen molar-refractivity contribution in [2.24, 2.45) is 0 Å². The Balaban J connectivity index is 1.95. The van der Waals surface area contributed by atoms with Gasteiger partial charge in [-0.05, 0) is 61.0 Å². The predicted octanol–water partition coefficient (Wildman–Crippen LogP) is 4.88. The zero-order valence-corrected chi connectivity index (χ0v) is 18.3. The molecule has 1 unspecified atom stereocenters. The highest BCUT2D eigenvalue weighted by Gasteiger charge is 2.48. The Labute approximate surface area is 189 Å². The number of halogens is 1. The van der Waals surface area contributed by atoms with Gasteiger partial charge in [0.05, 0.1) is 36.6 Å². The summed E-state index contributed by atoms with van der Waals surface area (Å²) in [5.41, 5.74) is 1.28. The standard InChI is InChI=1S/C24H20ClNO6/c1-13-11-16(23(31-3)17(25)12-13)21(27)19-20(18-5-4-10-32-18)26(24(29)22(19)28)14-6-8-15(30-2)9-7-14/h4-12,20,27H,1-3H3/b21-19-. The van der Waals surface area contributed by atoms with Gasteiger partial charge in [-0.3, -0.25) is 14.5 Å². The molecule has 0 bridgehead atoms. The number of Topliss-reactive ketones (excluding diaryl/α,β-unsaturated/α-hetero) is 1. The second kappa shape index (κ2) is 8.43. The van der Waals surface area contributed by atoms with E-state index >= 15 is 0 Å². The summed E-state index contributed by atoms with van der Waals surface area (Å²) in [5, 5.41) is 11.5. The third kappa shape index (κ3) is 3.50. The molecule has 1 atom stereocenters. The first-order chi connectivity index (χ1) is 15.4. The van der Waals surface area contributed by atoms with Crippen LogP contribution in [0, 0.1) is 6.92 Å². The van der Waals surface area contributed by atoms with E-state index in [-0.39, 0.29) is 21.9 Å². The van der Waals surface area contributed by atoms with Crippen molar-refractivity contribution in [3.8, 4) is 11.5 Å². The molecule has 1 saturated heterocycles. The zero-order chi connectivity index (χ0) is 23.0. The Bertz CT molecular complexity index is 1210. The van der Waals surface area contributed by atoms with Crippen molar-refractivity contribution in [3.05, 3.63) is 82.3 Å². The van der Waals surface area contributed by atoms with Crippen molar-refractivity contribution in [1.82, 2.24) is 0 Å². The number of hydrogen-bond acceptors (Lipinski definition) is 6. The summed E-state index contributed by atoms with van der Waals surface area (Å²) < 4.78 is 16.1. The van der Waals surface area contributed by atoms with Gasteiger partial charge in [0.1, 0.15) is 29.1 Å². The molecule has 8 heteroatoms. The Morgan fingerprint density at radius 1 is 1.09 bits per heavy atom. The number of carbonyl (C=O) groups excluding carboxylic acids is 2. The quantitative estimate of drug-likeness (QED) is 0.336. The van der Waals surface area contributed by atoms with Crippen LogP contribution in [0.5, 0.6) is 11.5 Å². The Hall–Kier alpha value is -3.71. The number of ether oxygens (including phenoxy) is 2. The Morgan fingerprint density at radius 3 is 2.41 bits per heavy atom. The highest BCUT2D eigenvalue weighted by molar-refractivity contribution is 6.51. The van der Waals surface area contributed by atoms with E-state index < -0.39 is 23.5 Å². The fraction of sp³-hybridized carbons (Fsp3) is 0.167. The molecule has 3 aromatic rings. The maximum absolute atomic E-state index is 13.2. The molecule has 1 aliphatic rings. The first-order valence-electron chi connectivity index (χ1n) is 9.70. The summed E-state index contributed by atoms with van der Waals surface area (Å²) in [6, 6.07) is 12.3. The number of aryl methyl sites for hydroxylation is 1. The molecule has 1 N–H and O–H groups in total. The van der Waals surface area contributed by atoms with Crippen LogP contribution in [0.3, 0.4) is 0 Å². The van der Waals surface area contributed by atoms with Crippen molar-refractivity contribution in [1.29, 1.82) is 0 Å². The average Bonchev–Trinajstić information content (AvgIpc) is 3.40. The third-order valence-corrected chi connectivity index (χ3v) is 5.54. The SMILES string of the molecule is COc1ccc(N2C(=O)C(=O)/C(=C(\O)c3cc(C)cc(Cl)c3OC)C2c2ccco2)cc1. The number of ketones is 1. The van der Waals surface area contributed by atoms with E-state index in [2.05, 4.69) is 0 Å². The lowest BCUT2D eigenvalue weighted by Gasteiger charge is -2.23. The van der Waals surface area contributed by atoms with Gasteiger partial charge in [0, 0.05) is 5.69 Å². The lowest BCUT2D eigenvalue weighted by atomic mass is 9.97. The lowest BCUT2D eigenvalue weighted by molar-refractivity contribution is -0.132. The van der Waals surface area contributed by atoms with E-state index in [0.717, 1.165) is 5.56 Å². The normalized spacial score (nSPS) is 17.6. The number of methoxy groups -OCH3 is 2. The molecule has 7 nitrogen and oxygen atoms in total. The van der Waals surface area contributed by atoms with Crippen LogP contribution < -0.4 is 14.4 Å². The Morgan fingerprint density at radius 2 is 1.81 bits per heavy atom. The van der Waals surface area contributed by atoms with Crippen LogP contribution in [-0.4, -0.2) is 31.0 Å². The largest absolute Gasteiger partial charge is 0.507 e. The van der Waals surface area contributed by atoms with Gasteiger partial charge >= 0.3 is 0 Å². The molecule has 2 heterocycles. The first-order valence-corrected chi connectivity index (χ1v) is 10.1. The molecule has 1 fully saturated rings. The van der Waals surface area contributed by atoms with Crippen LogP contribution in [0.4, 0.5) is 5.69 Å². The van der Waals surface area contributed by atoms with Crippen LogP contribution in [0.15, 0.2) is 64.8 Å². The summed E-state index contributed by atoms with van der Waals surface area (Å²) in [4.78, 5) is 27.5. The van der Waals surface area contributed by atoms with Crippen LogP contribution in [0.25, 0.3) is 5.76 Å². The van der Waals surface area contributed by atoms with Crippen LogP contribution in [0.2, 0.25) is 5.02 Å². The van der Waals surface area contributed by atoms with Crippen molar-refractivity contribution >= 4 is 34.7 Å². The van der Waals surface area contributed by atoms with Gasteiger partial charge in [-0.15, -0.1) is 0 Å². The van der Waals surface area contributed by atoms with Gasteiger partial charge in [-0.1, -0.05) is 11.6 Å². The molecule has 1 aliphatic heterocycles. The van der Waals surface area contributed by atoms with Crippen molar-refractivity contribution < 1.29 is 28.6 Å². The van der Waals surface area contributed by atoms with E-state index in [0.29, 0.717) is 17.2 Å². The van der Waals surface area contributed by atoms with E-state index in [1.807, 2.05) is 0 Å². The minimum absolute atomic E-state index is 0.124. The molecule has 0 saturated carbocycles. The molecule has 0 radical (unpaired) electrons. The number of anilines is 1. The highest BCUT2D eigenvalue weighted by Crippen LogP contribution is 2.44. The van der Waals surface area contributed by atoms with Gasteiger partial charge in [-0.2, -0.15) is 0 Å². The molecule has 1 aromatic heterocycles. The number of nitrogens with zero attached hydrogens (tertiary/aromatic N) is 1. The molecule has 2 aromatic carbocycles. The van der Waals surface area contributed by atoms with Gasteiger partial charge in [0.2, 0.25) is 0 Å². The first kappa shape index (κ1) is 21.5. The lowest BCUT2D eigenvalue weighted by Crippen LogP contribution is -2.29. The Kier molecular flexibility index (Phi) is 5.67. The number of carbonyl (C=O) groups is 2. The van der Waals surface area contributed by atoms with Gasteiger partial charge in [0.15, 0.2) is 0 Å². The maximum Gasteiger partial charge on any atom is 0.300 e. The maximum atomic E-state index is 13.2. The van der Waals surface area contributed by atoms with Crippen LogP contribution in [-0.2, 0) is 9.59 Å². The number of hydrogen-bond donors (Lipinski definition) is 1. The minimum atomic E-state index is -0.984. The number of amides is 1.